The molecule has 3 aromatic rings. The highest BCUT2D eigenvalue weighted by molar-refractivity contribution is 9.10. The number of nitrogens with zero attached hydrogens (tertiary/aromatic N) is 2. The maximum absolute atomic E-state index is 12.9. The highest BCUT2D eigenvalue weighted by atomic mass is 79.9. The minimum Gasteiger partial charge on any atom is -0.336 e. The number of aromatic nitrogens is 1. The maximum Gasteiger partial charge on any atom is 0.253 e. The molecule has 2 aromatic carbocycles. The Hall–Kier alpha value is -1.74. The second-order valence-corrected chi connectivity index (χ2v) is 11.8. The Morgan fingerprint density at radius 1 is 1.23 bits per heavy atom. The summed E-state index contributed by atoms with van der Waals surface area (Å²) in [6.45, 7) is 0.251. The molecular weight excluding hydrogens is 508 g/mol. The number of rotatable bonds is 4. The van der Waals surface area contributed by atoms with E-state index in [-0.39, 0.29) is 24.7 Å². The van der Waals surface area contributed by atoms with E-state index in [4.69, 9.17) is 11.6 Å². The third-order valence-electron chi connectivity index (χ3n) is 4.99. The van der Waals surface area contributed by atoms with Gasteiger partial charge in [-0.25, -0.2) is 13.4 Å². The van der Waals surface area contributed by atoms with E-state index in [2.05, 4.69) is 20.9 Å². The lowest BCUT2D eigenvalue weighted by molar-refractivity contribution is 0.0758. The molecular formula is C21H18BrClN2O3S2. The number of hydrogen-bond acceptors (Lipinski definition) is 5. The molecule has 0 spiro atoms. The molecule has 4 rings (SSSR count). The number of carbonyl (C=O) groups excluding carboxylic acids is 1. The Morgan fingerprint density at radius 3 is 2.73 bits per heavy atom. The average Bonchev–Trinajstić information content (AvgIpc) is 3.18. The Labute approximate surface area is 192 Å². The fourth-order valence-corrected chi connectivity index (χ4v) is 6.83. The SMILES string of the molecule is O=C(c1ccc(Br)c(Cl)c1)N1CCS(=O)(=O)C(c2ncc(Cc3ccccc3)s2)C1. The minimum atomic E-state index is -3.38. The largest absolute Gasteiger partial charge is 0.336 e. The Morgan fingerprint density at radius 2 is 2.00 bits per heavy atom. The van der Waals surface area contributed by atoms with Crippen LogP contribution in [-0.4, -0.2) is 43.1 Å². The highest BCUT2D eigenvalue weighted by Crippen LogP contribution is 2.33. The Bertz CT molecular complexity index is 1180. The third-order valence-corrected chi connectivity index (χ3v) is 9.47. The number of hydrogen-bond donors (Lipinski definition) is 0. The van der Waals surface area contributed by atoms with Gasteiger partial charge in [-0.1, -0.05) is 41.9 Å². The number of thiazole rings is 1. The molecule has 9 heteroatoms. The molecule has 0 saturated carbocycles. The first-order chi connectivity index (χ1) is 14.3. The summed E-state index contributed by atoms with van der Waals surface area (Å²) in [5, 5.41) is 0.162. The van der Waals surface area contributed by atoms with Crippen LogP contribution in [0.3, 0.4) is 0 Å². The van der Waals surface area contributed by atoms with Crippen molar-refractivity contribution in [3.63, 3.8) is 0 Å². The van der Waals surface area contributed by atoms with Gasteiger partial charge in [0.15, 0.2) is 9.84 Å². The molecule has 0 bridgehead atoms. The van der Waals surface area contributed by atoms with E-state index in [0.717, 1.165) is 10.4 Å². The first-order valence-electron chi connectivity index (χ1n) is 9.28. The lowest BCUT2D eigenvalue weighted by atomic mass is 10.1. The smallest absolute Gasteiger partial charge is 0.253 e. The summed E-state index contributed by atoms with van der Waals surface area (Å²) in [6, 6.07) is 14.9. The average molecular weight is 526 g/mol. The van der Waals surface area contributed by atoms with Crippen molar-refractivity contribution in [2.45, 2.75) is 11.7 Å². The zero-order chi connectivity index (χ0) is 21.3. The van der Waals surface area contributed by atoms with Gasteiger partial charge in [0.2, 0.25) is 0 Å². The first kappa shape index (κ1) is 21.5. The van der Waals surface area contributed by atoms with Gasteiger partial charge in [-0.15, -0.1) is 11.3 Å². The second-order valence-electron chi connectivity index (χ2n) is 7.06. The van der Waals surface area contributed by atoms with Gasteiger partial charge in [-0.05, 0) is 39.7 Å². The molecule has 1 amide bonds. The van der Waals surface area contributed by atoms with Crippen molar-refractivity contribution in [1.29, 1.82) is 0 Å². The Balaban J connectivity index is 1.55. The Kier molecular flexibility index (Phi) is 6.29. The van der Waals surface area contributed by atoms with Crippen LogP contribution in [-0.2, 0) is 16.3 Å². The fraction of sp³-hybridized carbons (Fsp3) is 0.238. The summed E-state index contributed by atoms with van der Waals surface area (Å²) in [7, 11) is -3.38. The maximum atomic E-state index is 12.9. The quantitative estimate of drug-likeness (QED) is 0.492. The van der Waals surface area contributed by atoms with E-state index in [1.54, 1.807) is 29.3 Å². The van der Waals surface area contributed by atoms with E-state index in [1.807, 2.05) is 30.3 Å². The van der Waals surface area contributed by atoms with Gasteiger partial charge in [0.1, 0.15) is 10.3 Å². The molecule has 2 heterocycles. The van der Waals surface area contributed by atoms with Gasteiger partial charge < -0.3 is 4.90 Å². The zero-order valence-corrected chi connectivity index (χ0v) is 19.8. The van der Waals surface area contributed by atoms with Crippen LogP contribution >= 0.6 is 38.9 Å². The highest BCUT2D eigenvalue weighted by Gasteiger charge is 2.38. The fourth-order valence-electron chi connectivity index (χ4n) is 3.36. The summed E-state index contributed by atoms with van der Waals surface area (Å²) in [5.74, 6) is -0.313. The van der Waals surface area contributed by atoms with E-state index in [0.29, 0.717) is 26.5 Å². The molecule has 5 nitrogen and oxygen atoms in total. The third kappa shape index (κ3) is 4.61. The molecule has 1 unspecified atom stereocenters. The second kappa shape index (κ2) is 8.78. The molecule has 0 aliphatic carbocycles. The van der Waals surface area contributed by atoms with E-state index in [9.17, 15) is 13.2 Å². The van der Waals surface area contributed by atoms with Crippen molar-refractivity contribution < 1.29 is 13.2 Å². The van der Waals surface area contributed by atoms with Crippen LogP contribution in [0.25, 0.3) is 0 Å². The van der Waals surface area contributed by atoms with E-state index in [1.165, 1.54) is 11.3 Å². The summed E-state index contributed by atoms with van der Waals surface area (Å²) in [5.41, 5.74) is 1.58. The molecule has 1 aliphatic heterocycles. The molecule has 0 N–H and O–H groups in total. The van der Waals surface area contributed by atoms with Gasteiger partial charge in [-0.2, -0.15) is 0 Å². The molecule has 156 valence electrons. The first-order valence-corrected chi connectivity index (χ1v) is 13.0. The van der Waals surface area contributed by atoms with Crippen molar-refractivity contribution in [1.82, 2.24) is 9.88 Å². The van der Waals surface area contributed by atoms with Crippen molar-refractivity contribution in [2.24, 2.45) is 0 Å². The van der Waals surface area contributed by atoms with E-state index >= 15 is 0 Å². The molecule has 1 atom stereocenters. The number of benzene rings is 2. The van der Waals surface area contributed by atoms with Gasteiger partial charge in [-0.3, -0.25) is 4.79 Å². The van der Waals surface area contributed by atoms with Crippen molar-refractivity contribution in [3.05, 3.63) is 85.2 Å². The minimum absolute atomic E-state index is 0.0821. The predicted octanol–water partition coefficient (Wildman–Crippen LogP) is 4.76. The molecule has 1 saturated heterocycles. The van der Waals surface area contributed by atoms with Gasteiger partial charge in [0, 0.05) is 40.6 Å². The predicted molar refractivity (Wildman–Crippen MR) is 123 cm³/mol. The van der Waals surface area contributed by atoms with E-state index < -0.39 is 15.1 Å². The number of carbonyl (C=O) groups is 1. The van der Waals surface area contributed by atoms with Crippen molar-refractivity contribution >= 4 is 54.6 Å². The molecule has 1 aromatic heterocycles. The normalized spacial score (nSPS) is 18.3. The molecule has 0 radical (unpaired) electrons. The topological polar surface area (TPSA) is 67.3 Å². The molecule has 30 heavy (non-hydrogen) atoms. The van der Waals surface area contributed by atoms with Crippen LogP contribution in [0.5, 0.6) is 0 Å². The number of amides is 1. The van der Waals surface area contributed by atoms with Crippen LogP contribution in [0.15, 0.2) is 59.2 Å². The monoisotopic (exact) mass is 524 g/mol. The van der Waals surface area contributed by atoms with Crippen LogP contribution in [0.4, 0.5) is 0 Å². The van der Waals surface area contributed by atoms with Crippen molar-refractivity contribution in [3.8, 4) is 0 Å². The summed E-state index contributed by atoms with van der Waals surface area (Å²) < 4.78 is 26.2. The zero-order valence-electron chi connectivity index (χ0n) is 15.8. The molecule has 1 aliphatic rings. The van der Waals surface area contributed by atoms with Crippen LogP contribution in [0, 0.1) is 0 Å². The van der Waals surface area contributed by atoms with Gasteiger partial charge in [0.05, 0.1) is 10.8 Å². The summed E-state index contributed by atoms with van der Waals surface area (Å²) in [4.78, 5) is 19.9. The standard InChI is InChI=1S/C21H18BrClN2O3S2/c22-17-7-6-15(11-18(17)23)21(26)25-8-9-30(27,28)19(13-25)20-24-12-16(29-20)10-14-4-2-1-3-5-14/h1-7,11-12,19H,8-10,13H2. The van der Waals surface area contributed by atoms with Gasteiger partial charge in [0.25, 0.3) is 5.91 Å². The van der Waals surface area contributed by atoms with Crippen molar-refractivity contribution in [2.75, 3.05) is 18.8 Å². The number of sulfone groups is 1. The van der Waals surface area contributed by atoms with Crippen LogP contribution in [0.1, 0.15) is 31.1 Å². The number of halogens is 2. The van der Waals surface area contributed by atoms with Crippen LogP contribution in [0.2, 0.25) is 5.02 Å². The lowest BCUT2D eigenvalue weighted by Crippen LogP contribution is -2.45. The molecule has 1 fully saturated rings. The van der Waals surface area contributed by atoms with Gasteiger partial charge >= 0.3 is 0 Å². The summed E-state index contributed by atoms with van der Waals surface area (Å²) >= 11 is 10.8. The summed E-state index contributed by atoms with van der Waals surface area (Å²) in [6.07, 6.45) is 2.43. The van der Waals surface area contributed by atoms with Crippen LogP contribution < -0.4 is 0 Å². The lowest BCUT2D eigenvalue weighted by Gasteiger charge is -2.31.